The summed E-state index contributed by atoms with van der Waals surface area (Å²) in [5.41, 5.74) is 0. The second kappa shape index (κ2) is 7.54. The highest BCUT2D eigenvalue weighted by molar-refractivity contribution is 8.17. The molecule has 0 heterocycles. The largest absolute Gasteiger partial charge is 0.397 e. The van der Waals surface area contributed by atoms with Gasteiger partial charge in [0.1, 0.15) is 10.5 Å². The van der Waals surface area contributed by atoms with Gasteiger partial charge in [0.15, 0.2) is 39.3 Å². The molecule has 0 aliphatic rings. The third-order valence-corrected chi connectivity index (χ3v) is 17.9. The molecule has 0 radical (unpaired) electrons. The van der Waals surface area contributed by atoms with E-state index in [-0.39, 0.29) is 0 Å². The number of rotatable bonds is 10. The maximum absolute atomic E-state index is 12.8. The molecule has 9 nitrogen and oxygen atoms in total. The van der Waals surface area contributed by atoms with E-state index in [0.717, 1.165) is 27.7 Å². The molecule has 0 rings (SSSR count). The molecule has 0 atom stereocenters. The standard InChI is InChI=1S/C11H26O9S4Si/c1-6-21(12,13)10(5,22(14,15)7-2)11(20-25,23(16,17)8-3)24(18,19)9-4/h6-9H2,1-5,25H3. The Hall–Kier alpha value is -0.0231. The van der Waals surface area contributed by atoms with E-state index in [9.17, 15) is 33.7 Å². The van der Waals surface area contributed by atoms with E-state index in [1.165, 1.54) is 0 Å². The molecule has 152 valence electrons. The quantitative estimate of drug-likeness (QED) is 0.353. The molecular formula is C11H26O9S4Si. The van der Waals surface area contributed by atoms with Crippen molar-refractivity contribution in [3.05, 3.63) is 0 Å². The van der Waals surface area contributed by atoms with Gasteiger partial charge in [-0.3, -0.25) is 0 Å². The highest BCUT2D eigenvalue weighted by Crippen LogP contribution is 2.47. The Labute approximate surface area is 153 Å². The van der Waals surface area contributed by atoms with Crippen LogP contribution in [0.5, 0.6) is 0 Å². The maximum atomic E-state index is 12.8. The van der Waals surface area contributed by atoms with E-state index in [2.05, 4.69) is 0 Å². The molecular weight excluding hydrogens is 432 g/mol. The minimum Gasteiger partial charge on any atom is -0.397 e. The van der Waals surface area contributed by atoms with Crippen LogP contribution in [0.25, 0.3) is 0 Å². The van der Waals surface area contributed by atoms with Crippen molar-refractivity contribution >= 4 is 49.8 Å². The van der Waals surface area contributed by atoms with Gasteiger partial charge in [0.25, 0.3) is 4.27 Å². The Bertz CT molecular complexity index is 831. The first-order valence-electron chi connectivity index (χ1n) is 7.50. The van der Waals surface area contributed by atoms with Gasteiger partial charge in [0, 0.05) is 11.5 Å². The monoisotopic (exact) mass is 458 g/mol. The van der Waals surface area contributed by atoms with Gasteiger partial charge < -0.3 is 4.43 Å². The second-order valence-corrected chi connectivity index (χ2v) is 16.3. The van der Waals surface area contributed by atoms with Crippen molar-refractivity contribution in [2.75, 3.05) is 23.0 Å². The third-order valence-electron chi connectivity index (χ3n) is 4.35. The SMILES string of the molecule is CCS(=O)(=O)C(C)(C(O[SiH3])(S(=O)(=O)CC)S(=O)(=O)CC)S(=O)(=O)CC. The Morgan fingerprint density at radius 3 is 1.04 bits per heavy atom. The van der Waals surface area contributed by atoms with Crippen LogP contribution in [0.3, 0.4) is 0 Å². The summed E-state index contributed by atoms with van der Waals surface area (Å²) in [6.07, 6.45) is 0. The zero-order valence-electron chi connectivity index (χ0n) is 15.1. The van der Waals surface area contributed by atoms with Crippen LogP contribution in [0.2, 0.25) is 0 Å². The molecule has 0 aliphatic heterocycles. The van der Waals surface area contributed by atoms with Crippen molar-refractivity contribution in [3.8, 4) is 0 Å². The molecule has 0 aromatic carbocycles. The first-order chi connectivity index (χ1) is 11.1. The highest BCUT2D eigenvalue weighted by Gasteiger charge is 2.75. The van der Waals surface area contributed by atoms with Gasteiger partial charge in [-0.15, -0.1) is 0 Å². The van der Waals surface area contributed by atoms with Crippen LogP contribution in [-0.2, 0) is 43.8 Å². The lowest BCUT2D eigenvalue weighted by molar-refractivity contribution is 0.230. The first kappa shape index (κ1) is 25.0. The minimum atomic E-state index is -4.82. The normalized spacial score (nSPS) is 15.4. The molecule has 0 saturated carbocycles. The van der Waals surface area contributed by atoms with Gasteiger partial charge in [0.05, 0.1) is 11.5 Å². The van der Waals surface area contributed by atoms with E-state index < -0.39 is 81.2 Å². The summed E-state index contributed by atoms with van der Waals surface area (Å²) in [5.74, 6) is -3.15. The summed E-state index contributed by atoms with van der Waals surface area (Å²) in [7, 11) is -19.6. The molecule has 0 bridgehead atoms. The number of sulfone groups is 4. The molecule has 0 N–H and O–H groups in total. The molecule has 0 saturated heterocycles. The predicted octanol–water partition coefficient (Wildman–Crippen LogP) is -1.61. The van der Waals surface area contributed by atoms with Gasteiger partial charge in [-0.25, -0.2) is 33.7 Å². The average Bonchev–Trinajstić information content (AvgIpc) is 2.54. The van der Waals surface area contributed by atoms with Crippen LogP contribution in [-0.4, -0.2) is 75.5 Å². The summed E-state index contributed by atoms with van der Waals surface area (Å²) in [4.78, 5) is 0. The second-order valence-electron chi connectivity index (χ2n) is 5.32. The molecule has 25 heavy (non-hydrogen) atoms. The van der Waals surface area contributed by atoms with Gasteiger partial charge in [-0.2, -0.15) is 0 Å². The molecule has 0 unspecified atom stereocenters. The van der Waals surface area contributed by atoms with Crippen LogP contribution in [0.1, 0.15) is 34.6 Å². The maximum Gasteiger partial charge on any atom is 0.294 e. The van der Waals surface area contributed by atoms with Crippen molar-refractivity contribution in [1.29, 1.82) is 0 Å². The van der Waals surface area contributed by atoms with E-state index >= 15 is 0 Å². The van der Waals surface area contributed by atoms with Crippen LogP contribution in [0, 0.1) is 0 Å². The van der Waals surface area contributed by atoms with Crippen molar-refractivity contribution in [3.63, 3.8) is 0 Å². The average molecular weight is 459 g/mol. The zero-order valence-corrected chi connectivity index (χ0v) is 20.4. The fourth-order valence-corrected chi connectivity index (χ4v) is 16.9. The molecule has 0 aromatic heterocycles. The predicted molar refractivity (Wildman–Crippen MR) is 100 cm³/mol. The zero-order chi connectivity index (χ0) is 20.5. The van der Waals surface area contributed by atoms with Crippen LogP contribution in [0.15, 0.2) is 0 Å². The van der Waals surface area contributed by atoms with Gasteiger partial charge in [-0.05, 0) is 6.92 Å². The van der Waals surface area contributed by atoms with Gasteiger partial charge >= 0.3 is 0 Å². The summed E-state index contributed by atoms with van der Waals surface area (Å²) in [6.45, 7) is 5.07. The Kier molecular flexibility index (Phi) is 7.53. The summed E-state index contributed by atoms with van der Waals surface area (Å²) >= 11 is 0. The topological polar surface area (TPSA) is 146 Å². The molecule has 0 amide bonds. The van der Waals surface area contributed by atoms with E-state index in [1.807, 2.05) is 0 Å². The molecule has 0 aromatic rings. The lowest BCUT2D eigenvalue weighted by atomic mass is 10.5. The highest BCUT2D eigenvalue weighted by atomic mass is 32.3. The van der Waals surface area contributed by atoms with Crippen LogP contribution in [0.4, 0.5) is 0 Å². The van der Waals surface area contributed by atoms with Gasteiger partial charge in [0.2, 0.25) is 4.08 Å². The lowest BCUT2D eigenvalue weighted by Crippen LogP contribution is -2.71. The Morgan fingerprint density at radius 1 is 0.640 bits per heavy atom. The van der Waals surface area contributed by atoms with Crippen LogP contribution < -0.4 is 0 Å². The Balaban J connectivity index is 7.96. The summed E-state index contributed by atoms with van der Waals surface area (Å²) < 4.78 is 101. The van der Waals surface area contributed by atoms with E-state index in [4.69, 9.17) is 4.43 Å². The summed E-state index contributed by atoms with van der Waals surface area (Å²) in [5, 5.41) is 0. The van der Waals surface area contributed by atoms with Crippen molar-refractivity contribution in [2.45, 2.75) is 43.0 Å². The van der Waals surface area contributed by atoms with Gasteiger partial charge in [-0.1, -0.05) is 27.7 Å². The number of hydrogen-bond acceptors (Lipinski definition) is 9. The fraction of sp³-hybridized carbons (Fsp3) is 1.00. The smallest absolute Gasteiger partial charge is 0.294 e. The minimum absolute atomic E-state index is 0.517. The molecule has 0 aliphatic carbocycles. The van der Waals surface area contributed by atoms with E-state index in [0.29, 0.717) is 6.92 Å². The van der Waals surface area contributed by atoms with E-state index in [1.54, 1.807) is 0 Å². The van der Waals surface area contributed by atoms with Crippen molar-refractivity contribution < 1.29 is 38.1 Å². The first-order valence-corrected chi connectivity index (χ1v) is 14.9. The third kappa shape index (κ3) is 3.22. The fourth-order valence-electron chi connectivity index (χ4n) is 2.70. The lowest BCUT2D eigenvalue weighted by Gasteiger charge is -2.44. The number of hydrogen-bond donors (Lipinski definition) is 0. The Morgan fingerprint density at radius 2 is 0.880 bits per heavy atom. The van der Waals surface area contributed by atoms with Crippen molar-refractivity contribution in [2.24, 2.45) is 0 Å². The molecule has 14 heteroatoms. The molecule has 0 spiro atoms. The summed E-state index contributed by atoms with van der Waals surface area (Å²) in [6, 6.07) is 0. The molecule has 0 fully saturated rings. The van der Waals surface area contributed by atoms with Crippen LogP contribution >= 0.6 is 0 Å². The van der Waals surface area contributed by atoms with Crippen molar-refractivity contribution in [1.82, 2.24) is 0 Å².